The van der Waals surface area contributed by atoms with Crippen LogP contribution in [0.25, 0.3) is 10.9 Å². The van der Waals surface area contributed by atoms with E-state index in [-0.39, 0.29) is 30.3 Å². The number of benzene rings is 2. The molecule has 1 aromatic heterocycles. The molecule has 0 unspecified atom stereocenters. The first-order valence-electron chi connectivity index (χ1n) is 8.70. The Morgan fingerprint density at radius 1 is 1.11 bits per heavy atom. The van der Waals surface area contributed by atoms with E-state index in [1.165, 1.54) is 0 Å². The third-order valence-electron chi connectivity index (χ3n) is 4.03. The summed E-state index contributed by atoms with van der Waals surface area (Å²) in [5.74, 6) is -0.654. The lowest BCUT2D eigenvalue weighted by Crippen LogP contribution is -2.27. The molecule has 0 aliphatic rings. The lowest BCUT2D eigenvalue weighted by Gasteiger charge is -2.11. The Labute approximate surface area is 160 Å². The second-order valence-corrected chi connectivity index (χ2v) is 5.98. The van der Waals surface area contributed by atoms with Gasteiger partial charge >= 0.3 is 0 Å². The second-order valence-electron chi connectivity index (χ2n) is 5.98. The van der Waals surface area contributed by atoms with Crippen molar-refractivity contribution < 1.29 is 9.59 Å². The predicted molar refractivity (Wildman–Crippen MR) is 106 cm³/mol. The van der Waals surface area contributed by atoms with Crippen LogP contribution in [0.4, 0.5) is 5.69 Å². The summed E-state index contributed by atoms with van der Waals surface area (Å²) in [7, 11) is 0. The smallest absolute Gasteiger partial charge is 0.277 e. The van der Waals surface area contributed by atoms with Crippen molar-refractivity contribution >= 4 is 28.4 Å². The quantitative estimate of drug-likeness (QED) is 0.610. The number of nitrogens with one attached hydrogen (secondary N) is 2. The summed E-state index contributed by atoms with van der Waals surface area (Å²) < 4.78 is 1.16. The van der Waals surface area contributed by atoms with Gasteiger partial charge in [-0.25, -0.2) is 4.68 Å². The summed E-state index contributed by atoms with van der Waals surface area (Å²) in [5.41, 5.74) is 0.946. The molecule has 8 nitrogen and oxygen atoms in total. The Morgan fingerprint density at radius 3 is 2.68 bits per heavy atom. The number of para-hydroxylation sites is 1. The zero-order chi connectivity index (χ0) is 19.9. The van der Waals surface area contributed by atoms with Crippen LogP contribution in [0.3, 0.4) is 0 Å². The van der Waals surface area contributed by atoms with Gasteiger partial charge in [0, 0.05) is 13.0 Å². The number of amides is 2. The number of aryl methyl sites for hydroxylation is 1. The molecular formula is C20H19N5O3. The first-order valence-corrected chi connectivity index (χ1v) is 8.70. The van der Waals surface area contributed by atoms with E-state index in [4.69, 9.17) is 0 Å². The van der Waals surface area contributed by atoms with Crippen molar-refractivity contribution in [2.75, 3.05) is 11.9 Å². The molecule has 0 aliphatic carbocycles. The van der Waals surface area contributed by atoms with Crippen LogP contribution in [0.15, 0.2) is 66.0 Å². The fourth-order valence-corrected chi connectivity index (χ4v) is 2.64. The van der Waals surface area contributed by atoms with Crippen molar-refractivity contribution in [2.24, 2.45) is 0 Å². The Balaban J connectivity index is 1.69. The molecule has 0 atom stereocenters. The van der Waals surface area contributed by atoms with Crippen LogP contribution < -0.4 is 16.2 Å². The van der Waals surface area contributed by atoms with Crippen molar-refractivity contribution in [3.8, 4) is 0 Å². The minimum absolute atomic E-state index is 0.00946. The van der Waals surface area contributed by atoms with Gasteiger partial charge in [-0.2, -0.15) is 0 Å². The van der Waals surface area contributed by atoms with Crippen molar-refractivity contribution in [1.29, 1.82) is 0 Å². The van der Waals surface area contributed by atoms with Gasteiger partial charge in [-0.15, -0.1) is 11.7 Å². The van der Waals surface area contributed by atoms with E-state index in [1.54, 1.807) is 54.6 Å². The zero-order valence-corrected chi connectivity index (χ0v) is 15.1. The molecule has 0 saturated heterocycles. The number of hydrogen-bond acceptors (Lipinski definition) is 5. The number of aromatic nitrogens is 3. The predicted octanol–water partition coefficient (Wildman–Crippen LogP) is 1.74. The van der Waals surface area contributed by atoms with E-state index in [1.807, 2.05) is 0 Å². The van der Waals surface area contributed by atoms with Gasteiger partial charge in [0.25, 0.3) is 11.5 Å². The van der Waals surface area contributed by atoms with Crippen LogP contribution in [0.5, 0.6) is 0 Å². The molecule has 3 aromatic rings. The molecule has 142 valence electrons. The molecule has 1 heterocycles. The maximum Gasteiger partial charge on any atom is 0.277 e. The molecule has 3 rings (SSSR count). The summed E-state index contributed by atoms with van der Waals surface area (Å²) in [5, 5.41) is 13.7. The Bertz CT molecular complexity index is 1090. The van der Waals surface area contributed by atoms with E-state index in [0.717, 1.165) is 4.68 Å². The van der Waals surface area contributed by atoms with Crippen molar-refractivity contribution in [2.45, 2.75) is 13.0 Å². The maximum absolute atomic E-state index is 12.4. The summed E-state index contributed by atoms with van der Waals surface area (Å²) in [6.07, 6.45) is 1.58. The number of hydrogen-bond donors (Lipinski definition) is 2. The van der Waals surface area contributed by atoms with Gasteiger partial charge in [0.05, 0.1) is 23.2 Å². The molecule has 2 N–H and O–H groups in total. The molecule has 0 fully saturated rings. The van der Waals surface area contributed by atoms with Crippen LogP contribution in [-0.4, -0.2) is 33.4 Å². The van der Waals surface area contributed by atoms with Gasteiger partial charge in [-0.05, 0) is 24.3 Å². The first kappa shape index (κ1) is 19.0. The van der Waals surface area contributed by atoms with E-state index in [0.29, 0.717) is 28.7 Å². The number of anilines is 1. The number of nitrogens with zero attached hydrogens (tertiary/aromatic N) is 3. The highest BCUT2D eigenvalue weighted by Crippen LogP contribution is 2.15. The number of fused-ring (bicyclic) bond motifs is 1. The fourth-order valence-electron chi connectivity index (χ4n) is 2.64. The third-order valence-corrected chi connectivity index (χ3v) is 4.03. The van der Waals surface area contributed by atoms with Crippen LogP contribution in [0.2, 0.25) is 0 Å². The zero-order valence-electron chi connectivity index (χ0n) is 15.1. The average molecular weight is 377 g/mol. The first-order chi connectivity index (χ1) is 13.6. The number of carbonyl (C=O) groups is 2. The summed E-state index contributed by atoms with van der Waals surface area (Å²) in [6, 6.07) is 13.6. The summed E-state index contributed by atoms with van der Waals surface area (Å²) in [4.78, 5) is 36.9. The molecule has 0 bridgehead atoms. The summed E-state index contributed by atoms with van der Waals surface area (Å²) in [6.45, 7) is 3.95. The van der Waals surface area contributed by atoms with Crippen LogP contribution in [0, 0.1) is 0 Å². The van der Waals surface area contributed by atoms with Gasteiger partial charge in [-0.3, -0.25) is 14.4 Å². The van der Waals surface area contributed by atoms with Crippen LogP contribution in [-0.2, 0) is 11.3 Å². The van der Waals surface area contributed by atoms with Crippen LogP contribution >= 0.6 is 0 Å². The average Bonchev–Trinajstić information content (AvgIpc) is 2.72. The molecule has 2 amide bonds. The van der Waals surface area contributed by atoms with Crippen molar-refractivity contribution in [3.05, 3.63) is 77.1 Å². The standard InChI is InChI=1S/C20H19N5O3/c1-2-12-21-19(27)14-7-3-5-9-16(14)22-18(26)11-13-25-20(28)15-8-4-6-10-17(15)23-24-25/h2-10H,1,11-13H2,(H,21,27)(H,22,26). The highest BCUT2D eigenvalue weighted by Gasteiger charge is 2.13. The van der Waals surface area contributed by atoms with Crippen molar-refractivity contribution in [1.82, 2.24) is 20.3 Å². The minimum atomic E-state index is -0.342. The van der Waals surface area contributed by atoms with E-state index >= 15 is 0 Å². The van der Waals surface area contributed by atoms with E-state index in [9.17, 15) is 14.4 Å². The molecular weight excluding hydrogens is 358 g/mol. The maximum atomic E-state index is 12.4. The highest BCUT2D eigenvalue weighted by molar-refractivity contribution is 6.03. The van der Waals surface area contributed by atoms with Crippen molar-refractivity contribution in [3.63, 3.8) is 0 Å². The largest absolute Gasteiger partial charge is 0.349 e. The van der Waals surface area contributed by atoms with Gasteiger partial charge < -0.3 is 10.6 Å². The summed E-state index contributed by atoms with van der Waals surface area (Å²) >= 11 is 0. The molecule has 8 heteroatoms. The number of carbonyl (C=O) groups excluding carboxylic acids is 2. The minimum Gasteiger partial charge on any atom is -0.349 e. The SMILES string of the molecule is C=CCNC(=O)c1ccccc1NC(=O)CCn1nnc2ccccc2c1=O. The van der Waals surface area contributed by atoms with Gasteiger partial charge in [0.2, 0.25) is 5.91 Å². The Hall–Kier alpha value is -3.81. The van der Waals surface area contributed by atoms with E-state index < -0.39 is 0 Å². The molecule has 28 heavy (non-hydrogen) atoms. The fraction of sp³-hybridized carbons (Fsp3) is 0.150. The normalized spacial score (nSPS) is 10.4. The van der Waals surface area contributed by atoms with Gasteiger partial charge in [0.1, 0.15) is 5.52 Å². The topological polar surface area (TPSA) is 106 Å². The molecule has 0 radical (unpaired) electrons. The highest BCUT2D eigenvalue weighted by atomic mass is 16.2. The second kappa shape index (κ2) is 8.72. The molecule has 0 spiro atoms. The number of rotatable bonds is 7. The van der Waals surface area contributed by atoms with Crippen LogP contribution in [0.1, 0.15) is 16.8 Å². The van der Waals surface area contributed by atoms with E-state index in [2.05, 4.69) is 27.5 Å². The Morgan fingerprint density at radius 2 is 1.86 bits per heavy atom. The third kappa shape index (κ3) is 4.29. The molecule has 0 aliphatic heterocycles. The Kier molecular flexibility index (Phi) is 5.91. The lowest BCUT2D eigenvalue weighted by atomic mass is 10.1. The van der Waals surface area contributed by atoms with Gasteiger partial charge in [-0.1, -0.05) is 35.6 Å². The molecule has 0 saturated carbocycles. The monoisotopic (exact) mass is 377 g/mol. The lowest BCUT2D eigenvalue weighted by molar-refractivity contribution is -0.116. The van der Waals surface area contributed by atoms with Gasteiger partial charge in [0.15, 0.2) is 0 Å². The molecule has 2 aromatic carbocycles.